The average molecular weight is 339 g/mol. The SMILES string of the molecule is C[C@H](NC(=O)CCc1nc2ccccc2c(=O)[nH]1)[C@H]1C[C@H]2CC[C@H]1C2. The van der Waals surface area contributed by atoms with E-state index in [9.17, 15) is 9.59 Å². The van der Waals surface area contributed by atoms with Crippen LogP contribution in [-0.2, 0) is 11.2 Å². The van der Waals surface area contributed by atoms with Crippen LogP contribution >= 0.6 is 0 Å². The van der Waals surface area contributed by atoms with E-state index in [0.717, 1.165) is 11.8 Å². The van der Waals surface area contributed by atoms with E-state index in [2.05, 4.69) is 22.2 Å². The number of aromatic nitrogens is 2. The van der Waals surface area contributed by atoms with Crippen LogP contribution in [0.1, 0.15) is 44.9 Å². The Morgan fingerprint density at radius 1 is 1.32 bits per heavy atom. The third-order valence-corrected chi connectivity index (χ3v) is 6.07. The highest BCUT2D eigenvalue weighted by molar-refractivity contribution is 5.78. The second kappa shape index (κ2) is 6.62. The molecule has 5 heteroatoms. The summed E-state index contributed by atoms with van der Waals surface area (Å²) in [6.45, 7) is 2.14. The number of H-pyrrole nitrogens is 1. The molecule has 0 saturated heterocycles. The number of nitrogens with one attached hydrogen (secondary N) is 2. The number of hydrogen-bond donors (Lipinski definition) is 2. The van der Waals surface area contributed by atoms with Crippen LogP contribution in [-0.4, -0.2) is 21.9 Å². The molecule has 2 saturated carbocycles. The Hall–Kier alpha value is -2.17. The Bertz CT molecular complexity index is 844. The third-order valence-electron chi connectivity index (χ3n) is 6.07. The lowest BCUT2D eigenvalue weighted by Gasteiger charge is -2.28. The predicted molar refractivity (Wildman–Crippen MR) is 97.2 cm³/mol. The van der Waals surface area contributed by atoms with Gasteiger partial charge in [-0.25, -0.2) is 4.98 Å². The third kappa shape index (κ3) is 3.32. The van der Waals surface area contributed by atoms with Gasteiger partial charge >= 0.3 is 0 Å². The molecule has 0 aliphatic heterocycles. The summed E-state index contributed by atoms with van der Waals surface area (Å²) in [6, 6.07) is 7.51. The summed E-state index contributed by atoms with van der Waals surface area (Å²) < 4.78 is 0. The maximum atomic E-state index is 12.3. The predicted octanol–water partition coefficient (Wildman–Crippen LogP) is 2.80. The molecule has 4 atom stereocenters. The smallest absolute Gasteiger partial charge is 0.258 e. The number of rotatable bonds is 5. The number of fused-ring (bicyclic) bond motifs is 3. The van der Waals surface area contributed by atoms with Crippen LogP contribution in [0.5, 0.6) is 0 Å². The van der Waals surface area contributed by atoms with Gasteiger partial charge in [-0.1, -0.05) is 18.6 Å². The largest absolute Gasteiger partial charge is 0.353 e. The molecule has 2 aliphatic rings. The van der Waals surface area contributed by atoms with Gasteiger partial charge in [-0.2, -0.15) is 0 Å². The second-order valence-corrected chi connectivity index (χ2v) is 7.72. The molecule has 0 unspecified atom stereocenters. The fourth-order valence-electron chi connectivity index (χ4n) is 4.82. The first-order valence-electron chi connectivity index (χ1n) is 9.37. The maximum Gasteiger partial charge on any atom is 0.258 e. The Balaban J connectivity index is 1.35. The minimum absolute atomic E-state index is 0.0473. The van der Waals surface area contributed by atoms with Gasteiger partial charge in [-0.05, 0) is 56.1 Å². The Kier molecular flexibility index (Phi) is 4.32. The first kappa shape index (κ1) is 16.3. The number of hydrogen-bond acceptors (Lipinski definition) is 3. The van der Waals surface area contributed by atoms with Crippen molar-refractivity contribution in [3.63, 3.8) is 0 Å². The fourth-order valence-corrected chi connectivity index (χ4v) is 4.82. The van der Waals surface area contributed by atoms with Crippen LogP contribution in [0.3, 0.4) is 0 Å². The van der Waals surface area contributed by atoms with Gasteiger partial charge in [-0.15, -0.1) is 0 Å². The van der Waals surface area contributed by atoms with Crippen molar-refractivity contribution in [1.29, 1.82) is 0 Å². The standard InChI is InChI=1S/C20H25N3O2/c1-12(16-11-13-6-7-14(16)10-13)21-19(24)9-8-18-22-17-5-3-2-4-15(17)20(25)23-18/h2-5,12-14,16H,6-11H2,1H3,(H,21,24)(H,22,23,25)/t12-,13-,14-,16+/m0/s1. The molecule has 1 heterocycles. The lowest BCUT2D eigenvalue weighted by molar-refractivity contribution is -0.122. The van der Waals surface area contributed by atoms with Crippen molar-refractivity contribution in [2.45, 2.75) is 51.5 Å². The highest BCUT2D eigenvalue weighted by Gasteiger charge is 2.42. The van der Waals surface area contributed by atoms with Crippen LogP contribution in [0.25, 0.3) is 10.9 Å². The number of nitrogens with zero attached hydrogens (tertiary/aromatic N) is 1. The average Bonchev–Trinajstić information content (AvgIpc) is 3.23. The normalized spacial score (nSPS) is 26.0. The molecule has 2 fully saturated rings. The quantitative estimate of drug-likeness (QED) is 0.879. The number of aromatic amines is 1. The summed E-state index contributed by atoms with van der Waals surface area (Å²) in [5.41, 5.74) is 0.536. The molecule has 5 nitrogen and oxygen atoms in total. The van der Waals surface area contributed by atoms with Crippen molar-refractivity contribution in [3.05, 3.63) is 40.4 Å². The Labute approximate surface area is 147 Å². The molecule has 132 valence electrons. The van der Waals surface area contributed by atoms with Crippen molar-refractivity contribution >= 4 is 16.8 Å². The van der Waals surface area contributed by atoms with E-state index in [1.54, 1.807) is 6.07 Å². The first-order chi connectivity index (χ1) is 12.1. The van der Waals surface area contributed by atoms with Crippen LogP contribution < -0.4 is 10.9 Å². The van der Waals surface area contributed by atoms with Gasteiger partial charge in [-0.3, -0.25) is 9.59 Å². The van der Waals surface area contributed by atoms with Crippen LogP contribution in [0, 0.1) is 17.8 Å². The van der Waals surface area contributed by atoms with E-state index in [1.165, 1.54) is 25.7 Å². The molecule has 2 aliphatic carbocycles. The van der Waals surface area contributed by atoms with E-state index in [1.807, 2.05) is 18.2 Å². The van der Waals surface area contributed by atoms with E-state index in [4.69, 9.17) is 0 Å². The fraction of sp³-hybridized carbons (Fsp3) is 0.550. The summed E-state index contributed by atoms with van der Waals surface area (Å²) in [4.78, 5) is 31.6. The lowest BCUT2D eigenvalue weighted by Crippen LogP contribution is -2.40. The number of para-hydroxylation sites is 1. The number of aryl methyl sites for hydroxylation is 1. The molecule has 2 N–H and O–H groups in total. The summed E-state index contributed by atoms with van der Waals surface area (Å²) in [5, 5.41) is 3.75. The molecule has 4 rings (SSSR count). The lowest BCUT2D eigenvalue weighted by atomic mass is 9.84. The second-order valence-electron chi connectivity index (χ2n) is 7.72. The van der Waals surface area contributed by atoms with Crippen molar-refractivity contribution in [2.24, 2.45) is 17.8 Å². The summed E-state index contributed by atoms with van der Waals surface area (Å²) in [5.74, 6) is 2.96. The molecule has 1 aromatic carbocycles. The molecule has 0 radical (unpaired) electrons. The molecule has 1 amide bonds. The van der Waals surface area contributed by atoms with Gasteiger partial charge in [0.25, 0.3) is 5.56 Å². The zero-order valence-electron chi connectivity index (χ0n) is 14.6. The number of benzene rings is 1. The van der Waals surface area contributed by atoms with Crippen molar-refractivity contribution < 1.29 is 4.79 Å². The Morgan fingerprint density at radius 2 is 2.16 bits per heavy atom. The van der Waals surface area contributed by atoms with Crippen molar-refractivity contribution in [3.8, 4) is 0 Å². The highest BCUT2D eigenvalue weighted by Crippen LogP contribution is 2.49. The molecular weight excluding hydrogens is 314 g/mol. The van der Waals surface area contributed by atoms with Gasteiger partial charge in [0.1, 0.15) is 5.82 Å². The summed E-state index contributed by atoms with van der Waals surface area (Å²) in [6.07, 6.45) is 6.14. The Morgan fingerprint density at radius 3 is 2.92 bits per heavy atom. The number of carbonyl (C=O) groups is 1. The maximum absolute atomic E-state index is 12.3. The molecule has 1 aromatic heterocycles. The zero-order valence-corrected chi connectivity index (χ0v) is 14.6. The topological polar surface area (TPSA) is 74.8 Å². The summed E-state index contributed by atoms with van der Waals surface area (Å²) >= 11 is 0. The monoisotopic (exact) mass is 339 g/mol. The van der Waals surface area contributed by atoms with Crippen LogP contribution in [0.2, 0.25) is 0 Å². The van der Waals surface area contributed by atoms with Gasteiger partial charge < -0.3 is 10.3 Å². The minimum Gasteiger partial charge on any atom is -0.353 e. The number of amides is 1. The van der Waals surface area contributed by atoms with Gasteiger partial charge in [0.15, 0.2) is 0 Å². The van der Waals surface area contributed by atoms with Crippen LogP contribution in [0.4, 0.5) is 0 Å². The van der Waals surface area contributed by atoms with E-state index in [0.29, 0.717) is 35.5 Å². The zero-order chi connectivity index (χ0) is 17.4. The minimum atomic E-state index is -0.142. The van der Waals surface area contributed by atoms with Crippen molar-refractivity contribution in [2.75, 3.05) is 0 Å². The number of carbonyl (C=O) groups excluding carboxylic acids is 1. The summed E-state index contributed by atoms with van der Waals surface area (Å²) in [7, 11) is 0. The molecule has 0 spiro atoms. The van der Waals surface area contributed by atoms with Gasteiger partial charge in [0, 0.05) is 18.9 Å². The molecular formula is C20H25N3O2. The van der Waals surface area contributed by atoms with Crippen molar-refractivity contribution in [1.82, 2.24) is 15.3 Å². The van der Waals surface area contributed by atoms with E-state index >= 15 is 0 Å². The molecule has 2 bridgehead atoms. The van der Waals surface area contributed by atoms with Gasteiger partial charge in [0.2, 0.25) is 5.91 Å². The highest BCUT2D eigenvalue weighted by atomic mass is 16.1. The molecule has 25 heavy (non-hydrogen) atoms. The first-order valence-corrected chi connectivity index (χ1v) is 9.37. The van der Waals surface area contributed by atoms with Crippen LogP contribution in [0.15, 0.2) is 29.1 Å². The molecule has 2 aromatic rings. The van der Waals surface area contributed by atoms with E-state index in [-0.39, 0.29) is 17.5 Å². The van der Waals surface area contributed by atoms with E-state index < -0.39 is 0 Å². The van der Waals surface area contributed by atoms with Gasteiger partial charge in [0.05, 0.1) is 10.9 Å².